The standard InChI is InChI=1S/C34H57N5O2/c1-34(2,3)29-18-19-32-33(28-29)37(22-11-13-24-39(6,7)26-15-27-40)31-17-9-8-16-30(31)36(32)21-10-12-23-38(4,5)25-14-20-35-41/h8-9,16-19,28,40H,10-15,20-27H2,1-7H3/q+2. The first kappa shape index (κ1) is 33.0. The van der Waals surface area contributed by atoms with Crippen molar-refractivity contribution >= 4 is 22.7 Å². The molecule has 1 heterocycles. The number of hydrogen-bond acceptors (Lipinski definition) is 5. The highest BCUT2D eigenvalue weighted by Crippen LogP contribution is 2.49. The van der Waals surface area contributed by atoms with Crippen molar-refractivity contribution in [3.8, 4) is 0 Å². The fraction of sp³-hybridized carbons (Fsp3) is 0.647. The number of para-hydroxylation sites is 2. The van der Waals surface area contributed by atoms with Crippen LogP contribution in [0.1, 0.15) is 64.9 Å². The maximum absolute atomic E-state index is 10.5. The zero-order valence-corrected chi connectivity index (χ0v) is 27.0. The summed E-state index contributed by atoms with van der Waals surface area (Å²) >= 11 is 0. The second kappa shape index (κ2) is 14.6. The Morgan fingerprint density at radius 3 is 1.68 bits per heavy atom. The molecule has 41 heavy (non-hydrogen) atoms. The van der Waals surface area contributed by atoms with Gasteiger partial charge in [-0.1, -0.05) is 44.1 Å². The Morgan fingerprint density at radius 1 is 0.683 bits per heavy atom. The molecule has 1 N–H and O–H groups in total. The monoisotopic (exact) mass is 567 g/mol. The van der Waals surface area contributed by atoms with Crippen LogP contribution in [0.4, 0.5) is 22.7 Å². The first-order valence-corrected chi connectivity index (χ1v) is 15.7. The van der Waals surface area contributed by atoms with Crippen molar-refractivity contribution in [2.75, 3.05) is 90.4 Å². The molecule has 0 amide bonds. The van der Waals surface area contributed by atoms with Crippen LogP contribution in [0.5, 0.6) is 0 Å². The number of fused-ring (bicyclic) bond motifs is 2. The molecule has 0 spiro atoms. The van der Waals surface area contributed by atoms with Crippen molar-refractivity contribution in [1.82, 2.24) is 0 Å². The Balaban J connectivity index is 1.79. The molecule has 2 aromatic carbocycles. The van der Waals surface area contributed by atoms with Crippen molar-refractivity contribution in [2.45, 2.75) is 64.7 Å². The number of quaternary nitrogens is 2. The average Bonchev–Trinajstić information content (AvgIpc) is 2.92. The lowest BCUT2D eigenvalue weighted by Gasteiger charge is -2.41. The Hall–Kier alpha value is -2.48. The molecule has 0 atom stereocenters. The summed E-state index contributed by atoms with van der Waals surface area (Å²) in [6, 6.07) is 16.0. The first-order chi connectivity index (χ1) is 19.4. The van der Waals surface area contributed by atoms with Gasteiger partial charge in [0.1, 0.15) is 0 Å². The van der Waals surface area contributed by atoms with Gasteiger partial charge in [-0.2, -0.15) is 4.91 Å². The van der Waals surface area contributed by atoms with E-state index in [0.717, 1.165) is 86.8 Å². The number of nitroso groups, excluding NO2 is 1. The van der Waals surface area contributed by atoms with Crippen LogP contribution in [0.2, 0.25) is 0 Å². The molecular formula is C34H57N5O2+2. The van der Waals surface area contributed by atoms with Gasteiger partial charge >= 0.3 is 0 Å². The van der Waals surface area contributed by atoms with Crippen molar-refractivity contribution in [3.63, 3.8) is 0 Å². The van der Waals surface area contributed by atoms with E-state index in [0.29, 0.717) is 6.54 Å². The van der Waals surface area contributed by atoms with Gasteiger partial charge in [0.05, 0.1) is 83.7 Å². The third-order valence-corrected chi connectivity index (χ3v) is 8.61. The molecule has 1 aliphatic rings. The van der Waals surface area contributed by atoms with Gasteiger partial charge in [0, 0.05) is 32.5 Å². The number of anilines is 4. The molecule has 228 valence electrons. The number of unbranched alkanes of at least 4 members (excludes halogenated alkanes) is 2. The fourth-order valence-electron chi connectivity index (χ4n) is 6.00. The van der Waals surface area contributed by atoms with Crippen molar-refractivity contribution in [2.24, 2.45) is 5.18 Å². The molecule has 0 saturated carbocycles. The highest BCUT2D eigenvalue weighted by atomic mass is 16.3. The molecule has 0 aliphatic carbocycles. The van der Waals surface area contributed by atoms with Gasteiger partial charge in [0.15, 0.2) is 0 Å². The van der Waals surface area contributed by atoms with Gasteiger partial charge < -0.3 is 23.9 Å². The smallest absolute Gasteiger partial charge is 0.0864 e. The third kappa shape index (κ3) is 9.52. The highest BCUT2D eigenvalue weighted by Gasteiger charge is 2.30. The van der Waals surface area contributed by atoms with Crippen LogP contribution in [-0.2, 0) is 5.41 Å². The van der Waals surface area contributed by atoms with Crippen molar-refractivity contribution < 1.29 is 14.1 Å². The van der Waals surface area contributed by atoms with E-state index in [1.54, 1.807) is 0 Å². The van der Waals surface area contributed by atoms with Gasteiger partial charge in [-0.25, -0.2) is 0 Å². The van der Waals surface area contributed by atoms with E-state index < -0.39 is 0 Å². The highest BCUT2D eigenvalue weighted by molar-refractivity contribution is 5.93. The lowest BCUT2D eigenvalue weighted by Crippen LogP contribution is -2.42. The van der Waals surface area contributed by atoms with E-state index >= 15 is 0 Å². The van der Waals surface area contributed by atoms with E-state index in [-0.39, 0.29) is 12.0 Å². The lowest BCUT2D eigenvalue weighted by molar-refractivity contribution is -0.890. The number of benzene rings is 2. The number of rotatable bonds is 17. The summed E-state index contributed by atoms with van der Waals surface area (Å²) in [5.41, 5.74) is 6.68. The van der Waals surface area contributed by atoms with Gasteiger partial charge in [-0.3, -0.25) is 0 Å². The molecule has 2 aromatic rings. The Bertz CT molecular complexity index is 1110. The van der Waals surface area contributed by atoms with Gasteiger partial charge in [-0.05, 0) is 60.9 Å². The van der Waals surface area contributed by atoms with Crippen LogP contribution in [-0.4, -0.2) is 94.7 Å². The molecule has 1 aliphatic heterocycles. The molecule has 0 unspecified atom stereocenters. The zero-order valence-electron chi connectivity index (χ0n) is 27.0. The number of aliphatic hydroxyl groups excluding tert-OH is 1. The largest absolute Gasteiger partial charge is 0.396 e. The lowest BCUT2D eigenvalue weighted by atomic mass is 9.86. The topological polar surface area (TPSA) is 56.1 Å². The van der Waals surface area contributed by atoms with Crippen LogP contribution in [0.3, 0.4) is 0 Å². The summed E-state index contributed by atoms with van der Waals surface area (Å²) in [4.78, 5) is 15.6. The van der Waals surface area contributed by atoms with E-state index in [2.05, 4.69) is 106 Å². The normalized spacial score (nSPS) is 13.8. The van der Waals surface area contributed by atoms with Crippen molar-refractivity contribution in [3.05, 3.63) is 52.9 Å². The van der Waals surface area contributed by atoms with E-state index in [9.17, 15) is 10.0 Å². The maximum Gasteiger partial charge on any atom is 0.0864 e. The van der Waals surface area contributed by atoms with Crippen LogP contribution in [0.15, 0.2) is 47.6 Å². The Kier molecular flexibility index (Phi) is 11.8. The summed E-state index contributed by atoms with van der Waals surface area (Å²) in [6.45, 7) is 13.8. The third-order valence-electron chi connectivity index (χ3n) is 8.61. The number of aliphatic hydroxyl groups is 1. The van der Waals surface area contributed by atoms with E-state index in [4.69, 9.17) is 0 Å². The van der Waals surface area contributed by atoms with E-state index in [1.807, 2.05) is 0 Å². The molecule has 7 nitrogen and oxygen atoms in total. The molecule has 3 rings (SSSR count). The molecule has 0 radical (unpaired) electrons. The summed E-state index contributed by atoms with van der Waals surface area (Å²) in [7, 11) is 9.07. The molecule has 0 saturated heterocycles. The minimum atomic E-state index is 0.0829. The maximum atomic E-state index is 10.5. The summed E-state index contributed by atoms with van der Waals surface area (Å²) < 4.78 is 1.89. The van der Waals surface area contributed by atoms with Crippen molar-refractivity contribution in [1.29, 1.82) is 0 Å². The predicted molar refractivity (Wildman–Crippen MR) is 175 cm³/mol. The Morgan fingerprint density at radius 2 is 1.17 bits per heavy atom. The number of hydrogen-bond donors (Lipinski definition) is 1. The quantitative estimate of drug-likeness (QED) is 0.129. The molecule has 0 bridgehead atoms. The SMILES string of the molecule is CC(C)(C)c1ccc2c(c1)N(CCCC[N+](C)(C)CCCO)c1ccccc1N2CCCC[N+](C)(C)CCCN=O. The molecular weight excluding hydrogens is 510 g/mol. The van der Waals surface area contributed by atoms with Crippen LogP contribution < -0.4 is 9.80 Å². The molecule has 0 aromatic heterocycles. The van der Waals surface area contributed by atoms with Crippen LogP contribution >= 0.6 is 0 Å². The predicted octanol–water partition coefficient (Wildman–Crippen LogP) is 6.83. The summed E-state index contributed by atoms with van der Waals surface area (Å²) in [5.74, 6) is 0. The van der Waals surface area contributed by atoms with E-state index in [1.165, 1.54) is 28.3 Å². The zero-order chi connectivity index (χ0) is 30.1. The van der Waals surface area contributed by atoms with Crippen LogP contribution in [0.25, 0.3) is 0 Å². The molecule has 0 fully saturated rings. The first-order valence-electron chi connectivity index (χ1n) is 15.7. The number of nitrogens with zero attached hydrogens (tertiary/aromatic N) is 5. The summed E-state index contributed by atoms with van der Waals surface area (Å²) in [6.07, 6.45) is 6.26. The second-order valence-electron chi connectivity index (χ2n) is 14.2. The minimum absolute atomic E-state index is 0.0829. The minimum Gasteiger partial charge on any atom is -0.396 e. The molecule has 7 heteroatoms. The summed E-state index contributed by atoms with van der Waals surface area (Å²) in [5, 5.41) is 12.3. The van der Waals surface area contributed by atoms with Gasteiger partial charge in [-0.15, -0.1) is 0 Å². The van der Waals surface area contributed by atoms with Crippen LogP contribution in [0, 0.1) is 4.91 Å². The average molecular weight is 568 g/mol. The Labute approximate surface area is 249 Å². The van der Waals surface area contributed by atoms with Gasteiger partial charge in [0.25, 0.3) is 0 Å². The fourth-order valence-corrected chi connectivity index (χ4v) is 6.00. The van der Waals surface area contributed by atoms with Gasteiger partial charge in [0.2, 0.25) is 0 Å². The second-order valence-corrected chi connectivity index (χ2v) is 14.2.